The molecule has 15 heavy (non-hydrogen) atoms. The fourth-order valence-corrected chi connectivity index (χ4v) is 1.64. The molecule has 1 aliphatic heterocycles. The van der Waals surface area contributed by atoms with Gasteiger partial charge in [0.2, 0.25) is 0 Å². The molecular weight excluding hydrogens is 191 g/mol. The zero-order valence-electron chi connectivity index (χ0n) is 8.56. The molecule has 1 saturated heterocycles. The number of esters is 1. The molecule has 2 rings (SSSR count). The van der Waals surface area contributed by atoms with Gasteiger partial charge in [0.25, 0.3) is 0 Å². The van der Waals surface area contributed by atoms with Crippen LogP contribution < -0.4 is 0 Å². The van der Waals surface area contributed by atoms with Gasteiger partial charge in [0, 0.05) is 0 Å². The molecule has 0 aliphatic carbocycles. The highest BCUT2D eigenvalue weighted by Crippen LogP contribution is 2.36. The Morgan fingerprint density at radius 3 is 3.00 bits per heavy atom. The van der Waals surface area contributed by atoms with Gasteiger partial charge in [-0.05, 0) is 23.3 Å². The van der Waals surface area contributed by atoms with E-state index in [1.165, 1.54) is 7.11 Å². The predicted octanol–water partition coefficient (Wildman–Crippen LogP) is 1.28. The first-order valence-corrected chi connectivity index (χ1v) is 4.92. The first-order chi connectivity index (χ1) is 7.20. The molecule has 1 atom stereocenters. The van der Waals surface area contributed by atoms with E-state index in [4.69, 9.17) is 0 Å². The maximum Gasteiger partial charge on any atom is 0.309 e. The summed E-state index contributed by atoms with van der Waals surface area (Å²) in [5, 5.41) is 9.38. The molecule has 0 saturated carbocycles. The van der Waals surface area contributed by atoms with Gasteiger partial charge in [-0.2, -0.15) is 0 Å². The van der Waals surface area contributed by atoms with Crippen LogP contribution in [0.25, 0.3) is 0 Å². The van der Waals surface area contributed by atoms with Crippen molar-refractivity contribution in [1.29, 1.82) is 0 Å². The number of benzene rings is 1. The van der Waals surface area contributed by atoms with Crippen LogP contribution in [-0.2, 0) is 16.0 Å². The molecule has 1 aliphatic rings. The number of ether oxygens (including phenoxy) is 1. The molecule has 77 valence electrons. The summed E-state index contributed by atoms with van der Waals surface area (Å²) in [4.78, 5) is 11.2. The molecule has 1 radical (unpaired) electrons. The van der Waals surface area contributed by atoms with Crippen molar-refractivity contribution in [2.45, 2.75) is 18.6 Å². The van der Waals surface area contributed by atoms with Crippen LogP contribution in [0.15, 0.2) is 18.2 Å². The Kier molecular flexibility index (Phi) is 2.67. The quantitative estimate of drug-likeness (QED) is 0.594. The molecule has 1 aromatic rings. The summed E-state index contributed by atoms with van der Waals surface area (Å²) < 4.78 is 4.63. The second-order valence-electron chi connectivity index (χ2n) is 3.71. The van der Waals surface area contributed by atoms with Crippen molar-refractivity contribution in [3.63, 3.8) is 0 Å². The van der Waals surface area contributed by atoms with Crippen LogP contribution in [0.5, 0.6) is 5.75 Å². The summed E-state index contributed by atoms with van der Waals surface area (Å²) in [5.74, 6) is 0.401. The molecule has 0 amide bonds. The largest absolute Gasteiger partial charge is 0.508 e. The first-order valence-electron chi connectivity index (χ1n) is 4.92. The third-order valence-electron chi connectivity index (χ3n) is 2.56. The minimum atomic E-state index is -0.248. The molecule has 0 spiro atoms. The van der Waals surface area contributed by atoms with E-state index in [-0.39, 0.29) is 18.1 Å². The summed E-state index contributed by atoms with van der Waals surface area (Å²) in [6.07, 6.45) is 1.30. The van der Waals surface area contributed by atoms with Crippen LogP contribution in [0, 0.1) is 0 Å². The maximum atomic E-state index is 11.2. The van der Waals surface area contributed by atoms with E-state index in [1.54, 1.807) is 18.2 Å². The van der Waals surface area contributed by atoms with E-state index < -0.39 is 0 Å². The monoisotopic (exact) mass is 203 g/mol. The first kappa shape index (κ1) is 10.1. The van der Waals surface area contributed by atoms with Crippen LogP contribution in [-0.4, -0.2) is 25.5 Å². The summed E-state index contributed by atoms with van der Waals surface area (Å²) >= 11 is 0. The Morgan fingerprint density at radius 1 is 1.67 bits per heavy atom. The molecule has 1 fully saturated rings. The standard InChI is InChI=1S/C11H12BO3/c1-15-11(14)4-7-2-3-8(13)5-9(7)10-6-12-10/h2-3,5,10,13H,4,6H2,1H3. The topological polar surface area (TPSA) is 46.5 Å². The Balaban J connectivity index is 2.24. The molecule has 1 aromatic carbocycles. The van der Waals surface area contributed by atoms with Crippen molar-refractivity contribution >= 4 is 13.2 Å². The fraction of sp³-hybridized carbons (Fsp3) is 0.364. The van der Waals surface area contributed by atoms with Crippen molar-refractivity contribution in [2.75, 3.05) is 7.11 Å². The van der Waals surface area contributed by atoms with Gasteiger partial charge in [-0.25, -0.2) is 0 Å². The van der Waals surface area contributed by atoms with Crippen molar-refractivity contribution in [3.8, 4) is 5.75 Å². The zero-order chi connectivity index (χ0) is 10.8. The maximum absolute atomic E-state index is 11.2. The highest BCUT2D eigenvalue weighted by Gasteiger charge is 2.28. The zero-order valence-corrected chi connectivity index (χ0v) is 8.56. The Labute approximate surface area is 89.3 Å². The number of hydrogen-bond acceptors (Lipinski definition) is 3. The lowest BCUT2D eigenvalue weighted by Crippen LogP contribution is -2.06. The Bertz CT molecular complexity index is 385. The van der Waals surface area contributed by atoms with Crippen LogP contribution in [0.1, 0.15) is 16.9 Å². The lowest BCUT2D eigenvalue weighted by atomic mass is 9.91. The highest BCUT2D eigenvalue weighted by atomic mass is 16.5. The number of rotatable bonds is 3. The van der Waals surface area contributed by atoms with Crippen LogP contribution in [0.2, 0.25) is 6.32 Å². The van der Waals surface area contributed by atoms with Gasteiger partial charge in [0.15, 0.2) is 0 Å². The van der Waals surface area contributed by atoms with E-state index in [2.05, 4.69) is 12.0 Å². The minimum Gasteiger partial charge on any atom is -0.508 e. The molecule has 3 nitrogen and oxygen atoms in total. The summed E-state index contributed by atoms with van der Waals surface area (Å²) in [5.41, 5.74) is 1.99. The number of hydrogen-bond donors (Lipinski definition) is 1. The van der Waals surface area contributed by atoms with Gasteiger partial charge in [0.05, 0.1) is 13.5 Å². The molecule has 1 heterocycles. The van der Waals surface area contributed by atoms with Crippen molar-refractivity contribution in [2.24, 2.45) is 0 Å². The van der Waals surface area contributed by atoms with E-state index in [9.17, 15) is 9.90 Å². The molecule has 4 heteroatoms. The normalized spacial score (nSPS) is 18.1. The van der Waals surface area contributed by atoms with Crippen LogP contribution >= 0.6 is 0 Å². The van der Waals surface area contributed by atoms with Gasteiger partial charge in [-0.3, -0.25) is 4.79 Å². The lowest BCUT2D eigenvalue weighted by Gasteiger charge is -2.08. The molecular formula is C11H12BO3. The van der Waals surface area contributed by atoms with E-state index in [0.717, 1.165) is 17.4 Å². The van der Waals surface area contributed by atoms with Crippen molar-refractivity contribution in [3.05, 3.63) is 29.3 Å². The molecule has 0 bridgehead atoms. The number of carbonyl (C=O) groups excluding carboxylic acids is 1. The smallest absolute Gasteiger partial charge is 0.309 e. The molecule has 1 N–H and O–H groups in total. The molecule has 1 unspecified atom stereocenters. The van der Waals surface area contributed by atoms with Crippen LogP contribution in [0.3, 0.4) is 0 Å². The third-order valence-corrected chi connectivity index (χ3v) is 2.56. The average Bonchev–Trinajstić information content (AvgIpc) is 3.04. The van der Waals surface area contributed by atoms with E-state index in [1.807, 2.05) is 0 Å². The van der Waals surface area contributed by atoms with Gasteiger partial charge in [0.1, 0.15) is 13.0 Å². The van der Waals surface area contributed by atoms with E-state index >= 15 is 0 Å². The summed E-state index contributed by atoms with van der Waals surface area (Å²) in [7, 11) is 3.53. The minimum absolute atomic E-state index is 0.248. The number of phenolic OH excluding ortho intramolecular Hbond substituents is 1. The summed E-state index contributed by atoms with van der Waals surface area (Å²) in [6, 6.07) is 5.12. The second kappa shape index (κ2) is 3.97. The third kappa shape index (κ3) is 2.32. The number of carbonyl (C=O) groups is 1. The number of aromatic hydroxyl groups is 1. The highest BCUT2D eigenvalue weighted by molar-refractivity contribution is 6.51. The molecule has 0 aromatic heterocycles. The fourth-order valence-electron chi connectivity index (χ4n) is 1.64. The summed E-state index contributed by atoms with van der Waals surface area (Å²) in [6.45, 7) is 0. The van der Waals surface area contributed by atoms with Crippen molar-refractivity contribution in [1.82, 2.24) is 0 Å². The average molecular weight is 203 g/mol. The van der Waals surface area contributed by atoms with Crippen molar-refractivity contribution < 1.29 is 14.6 Å². The van der Waals surface area contributed by atoms with Gasteiger partial charge in [-0.15, -0.1) is 0 Å². The predicted molar refractivity (Wildman–Crippen MR) is 57.1 cm³/mol. The lowest BCUT2D eigenvalue weighted by molar-refractivity contribution is -0.139. The second-order valence-corrected chi connectivity index (χ2v) is 3.71. The SMILES string of the molecule is COC(=O)Cc1ccc(O)cc1C1[B]C1. The van der Waals surface area contributed by atoms with Gasteiger partial charge >= 0.3 is 5.97 Å². The Hall–Kier alpha value is -1.45. The van der Waals surface area contributed by atoms with Crippen LogP contribution in [0.4, 0.5) is 0 Å². The van der Waals surface area contributed by atoms with Gasteiger partial charge in [-0.1, -0.05) is 18.2 Å². The van der Waals surface area contributed by atoms with E-state index in [0.29, 0.717) is 5.82 Å². The Morgan fingerprint density at radius 2 is 2.40 bits per heavy atom. The van der Waals surface area contributed by atoms with Gasteiger partial charge < -0.3 is 9.84 Å². The number of methoxy groups -OCH3 is 1. The number of phenols is 1.